The SMILES string of the molecule is CC(C)c1ccc(NC(=O)N[C@H]2C[C@H]3C(=O)N[C@@H](Cc4c[nH]c5ccccc45)C(=O)N3C2)cc1. The zero-order valence-corrected chi connectivity index (χ0v) is 19.3. The molecule has 0 saturated carbocycles. The van der Waals surface area contributed by atoms with Crippen LogP contribution in [0.3, 0.4) is 0 Å². The molecule has 2 aliphatic rings. The van der Waals surface area contributed by atoms with Crippen molar-refractivity contribution in [2.75, 3.05) is 11.9 Å². The summed E-state index contributed by atoms with van der Waals surface area (Å²) in [6.07, 6.45) is 2.71. The number of rotatable bonds is 5. The largest absolute Gasteiger partial charge is 0.361 e. The number of carbonyl (C=O) groups excluding carboxylic acids is 3. The second kappa shape index (κ2) is 8.85. The van der Waals surface area contributed by atoms with Crippen molar-refractivity contribution >= 4 is 34.4 Å². The summed E-state index contributed by atoms with van der Waals surface area (Å²) in [7, 11) is 0. The number of hydrogen-bond donors (Lipinski definition) is 4. The fourth-order valence-corrected chi connectivity index (χ4v) is 4.93. The van der Waals surface area contributed by atoms with E-state index in [2.05, 4.69) is 34.8 Å². The van der Waals surface area contributed by atoms with E-state index in [9.17, 15) is 14.4 Å². The number of benzene rings is 2. The molecule has 0 radical (unpaired) electrons. The van der Waals surface area contributed by atoms with Gasteiger partial charge >= 0.3 is 6.03 Å². The third kappa shape index (κ3) is 4.23. The number of aromatic nitrogens is 1. The summed E-state index contributed by atoms with van der Waals surface area (Å²) < 4.78 is 0. The normalized spacial score (nSPS) is 22.1. The van der Waals surface area contributed by atoms with Gasteiger partial charge < -0.3 is 25.8 Å². The highest BCUT2D eigenvalue weighted by atomic mass is 16.2. The molecule has 2 saturated heterocycles. The molecular weight excluding hydrogens is 430 g/mol. The van der Waals surface area contributed by atoms with E-state index in [1.165, 1.54) is 5.56 Å². The van der Waals surface area contributed by atoms with E-state index in [1.807, 2.05) is 54.7 Å². The van der Waals surface area contributed by atoms with Crippen LogP contribution >= 0.6 is 0 Å². The quantitative estimate of drug-likeness (QED) is 0.471. The molecule has 0 spiro atoms. The molecular formula is C26H29N5O3. The molecule has 34 heavy (non-hydrogen) atoms. The summed E-state index contributed by atoms with van der Waals surface area (Å²) in [6, 6.07) is 13.8. The number of piperazine rings is 1. The molecule has 0 aliphatic carbocycles. The predicted molar refractivity (Wildman–Crippen MR) is 131 cm³/mol. The Morgan fingerprint density at radius 2 is 1.88 bits per heavy atom. The highest BCUT2D eigenvalue weighted by Gasteiger charge is 2.46. The molecule has 3 heterocycles. The maximum atomic E-state index is 13.2. The number of H-pyrrole nitrogens is 1. The molecule has 2 fully saturated rings. The molecule has 4 amide bonds. The molecule has 0 bridgehead atoms. The Labute approximate surface area is 198 Å². The third-order valence-electron chi connectivity index (χ3n) is 6.77. The lowest BCUT2D eigenvalue weighted by Gasteiger charge is -2.34. The first-order valence-corrected chi connectivity index (χ1v) is 11.7. The molecule has 4 N–H and O–H groups in total. The predicted octanol–water partition coefficient (Wildman–Crippen LogP) is 3.12. The molecule has 1 aromatic heterocycles. The van der Waals surface area contributed by atoms with Crippen LogP contribution in [0, 0.1) is 0 Å². The van der Waals surface area contributed by atoms with E-state index >= 15 is 0 Å². The molecule has 0 unspecified atom stereocenters. The summed E-state index contributed by atoms with van der Waals surface area (Å²) in [5, 5.41) is 9.70. The second-order valence-corrected chi connectivity index (χ2v) is 9.44. The second-order valence-electron chi connectivity index (χ2n) is 9.44. The van der Waals surface area contributed by atoms with Gasteiger partial charge in [0, 0.05) is 35.8 Å². The van der Waals surface area contributed by atoms with Gasteiger partial charge in [-0.2, -0.15) is 0 Å². The minimum atomic E-state index is -0.616. The number of anilines is 1. The van der Waals surface area contributed by atoms with Crippen LogP contribution in [0.2, 0.25) is 0 Å². The number of aromatic amines is 1. The van der Waals surface area contributed by atoms with Crippen LogP contribution < -0.4 is 16.0 Å². The highest BCUT2D eigenvalue weighted by Crippen LogP contribution is 2.26. The highest BCUT2D eigenvalue weighted by molar-refractivity contribution is 5.98. The van der Waals surface area contributed by atoms with Crippen molar-refractivity contribution < 1.29 is 14.4 Å². The lowest BCUT2D eigenvalue weighted by atomic mass is 10.0. The Hall–Kier alpha value is -3.81. The van der Waals surface area contributed by atoms with Crippen molar-refractivity contribution in [3.63, 3.8) is 0 Å². The number of fused-ring (bicyclic) bond motifs is 2. The van der Waals surface area contributed by atoms with Gasteiger partial charge in [-0.3, -0.25) is 9.59 Å². The molecule has 8 heteroatoms. The van der Waals surface area contributed by atoms with Crippen LogP contribution in [0.15, 0.2) is 54.7 Å². The first-order valence-electron chi connectivity index (χ1n) is 11.7. The van der Waals surface area contributed by atoms with Crippen molar-refractivity contribution in [3.05, 3.63) is 65.9 Å². The first-order chi connectivity index (χ1) is 16.4. The van der Waals surface area contributed by atoms with E-state index in [0.29, 0.717) is 31.0 Å². The monoisotopic (exact) mass is 459 g/mol. The van der Waals surface area contributed by atoms with Gasteiger partial charge in [-0.15, -0.1) is 0 Å². The Balaban J connectivity index is 1.21. The summed E-state index contributed by atoms with van der Waals surface area (Å²) in [6.45, 7) is 4.56. The molecule has 3 atom stereocenters. The van der Waals surface area contributed by atoms with E-state index in [-0.39, 0.29) is 23.9 Å². The summed E-state index contributed by atoms with van der Waals surface area (Å²) in [5.74, 6) is 0.143. The summed E-state index contributed by atoms with van der Waals surface area (Å²) in [5.41, 5.74) is 3.89. The maximum absolute atomic E-state index is 13.2. The number of amides is 4. The number of nitrogens with zero attached hydrogens (tertiary/aromatic N) is 1. The van der Waals surface area contributed by atoms with Gasteiger partial charge in [-0.25, -0.2) is 4.79 Å². The van der Waals surface area contributed by atoms with E-state index < -0.39 is 12.1 Å². The fourth-order valence-electron chi connectivity index (χ4n) is 4.93. The van der Waals surface area contributed by atoms with Crippen LogP contribution in [0.1, 0.15) is 37.3 Å². The van der Waals surface area contributed by atoms with E-state index in [1.54, 1.807) is 4.90 Å². The number of para-hydroxylation sites is 1. The summed E-state index contributed by atoms with van der Waals surface area (Å²) in [4.78, 5) is 43.3. The standard InChI is InChI=1S/C26H29N5O3/c1-15(2)16-7-9-18(10-8-16)28-26(34)29-19-12-23-24(32)30-22(25(33)31(23)14-19)11-17-13-27-21-6-4-3-5-20(17)21/h3-10,13,15,19,22-23,27H,11-12,14H2,1-2H3,(H,30,32)(H2,28,29,34)/t19-,22-,23-/m0/s1. The van der Waals surface area contributed by atoms with Crippen LogP contribution in [-0.2, 0) is 16.0 Å². The van der Waals surface area contributed by atoms with Gasteiger partial charge in [-0.05, 0) is 41.7 Å². The molecule has 176 valence electrons. The van der Waals surface area contributed by atoms with Crippen molar-refractivity contribution in [1.29, 1.82) is 0 Å². The van der Waals surface area contributed by atoms with Crippen LogP contribution in [0.25, 0.3) is 10.9 Å². The minimum absolute atomic E-state index is 0.108. The van der Waals surface area contributed by atoms with Crippen molar-refractivity contribution in [3.8, 4) is 0 Å². The number of hydrogen-bond acceptors (Lipinski definition) is 3. The Bertz CT molecular complexity index is 1230. The molecule has 2 aromatic carbocycles. The van der Waals surface area contributed by atoms with Crippen molar-refractivity contribution in [1.82, 2.24) is 20.5 Å². The van der Waals surface area contributed by atoms with Gasteiger partial charge in [-0.1, -0.05) is 44.2 Å². The fraction of sp³-hybridized carbons (Fsp3) is 0.346. The number of urea groups is 1. The van der Waals surface area contributed by atoms with Gasteiger partial charge in [0.15, 0.2) is 0 Å². The zero-order valence-electron chi connectivity index (χ0n) is 19.3. The van der Waals surface area contributed by atoms with Gasteiger partial charge in [0.1, 0.15) is 12.1 Å². The topological polar surface area (TPSA) is 106 Å². The smallest absolute Gasteiger partial charge is 0.319 e. The van der Waals surface area contributed by atoms with E-state index in [4.69, 9.17) is 0 Å². The number of carbonyl (C=O) groups is 3. The zero-order chi connectivity index (χ0) is 23.8. The van der Waals surface area contributed by atoms with Crippen molar-refractivity contribution in [2.24, 2.45) is 0 Å². The Morgan fingerprint density at radius 3 is 2.65 bits per heavy atom. The molecule has 8 nitrogen and oxygen atoms in total. The first kappa shape index (κ1) is 22.0. The average molecular weight is 460 g/mol. The number of nitrogens with one attached hydrogen (secondary N) is 4. The molecule has 3 aromatic rings. The average Bonchev–Trinajstić information content (AvgIpc) is 3.42. The summed E-state index contributed by atoms with van der Waals surface area (Å²) >= 11 is 0. The van der Waals surface area contributed by atoms with Crippen LogP contribution in [-0.4, -0.2) is 52.4 Å². The van der Waals surface area contributed by atoms with Gasteiger partial charge in [0.05, 0.1) is 6.04 Å². The van der Waals surface area contributed by atoms with E-state index in [0.717, 1.165) is 16.5 Å². The van der Waals surface area contributed by atoms with Crippen LogP contribution in [0.5, 0.6) is 0 Å². The van der Waals surface area contributed by atoms with Crippen LogP contribution in [0.4, 0.5) is 10.5 Å². The van der Waals surface area contributed by atoms with Gasteiger partial charge in [0.2, 0.25) is 11.8 Å². The minimum Gasteiger partial charge on any atom is -0.361 e. The molecule has 2 aliphatic heterocycles. The Kier molecular flexibility index (Phi) is 5.73. The lowest BCUT2D eigenvalue weighted by molar-refractivity contribution is -0.146. The lowest BCUT2D eigenvalue weighted by Crippen LogP contribution is -2.61. The Morgan fingerprint density at radius 1 is 1.12 bits per heavy atom. The molecule has 5 rings (SSSR count). The third-order valence-corrected chi connectivity index (χ3v) is 6.77. The van der Waals surface area contributed by atoms with Crippen molar-refractivity contribution in [2.45, 2.75) is 50.7 Å². The van der Waals surface area contributed by atoms with Gasteiger partial charge in [0.25, 0.3) is 0 Å². The maximum Gasteiger partial charge on any atom is 0.319 e.